The molecular formula is C28H20N2. The maximum atomic E-state index is 4.99. The van der Waals surface area contributed by atoms with E-state index in [2.05, 4.69) is 114 Å². The lowest BCUT2D eigenvalue weighted by atomic mass is 9.90. The molecule has 30 heavy (non-hydrogen) atoms. The quantitative estimate of drug-likeness (QED) is 0.324. The lowest BCUT2D eigenvalue weighted by Gasteiger charge is -2.17. The number of fused-ring (bicyclic) bond motifs is 5. The normalized spacial score (nSPS) is 11.5. The highest BCUT2D eigenvalue weighted by Crippen LogP contribution is 2.39. The summed E-state index contributed by atoms with van der Waals surface area (Å²) < 4.78 is 2.14. The maximum absolute atomic E-state index is 4.99. The van der Waals surface area contributed by atoms with E-state index in [-0.39, 0.29) is 0 Å². The van der Waals surface area contributed by atoms with Crippen molar-refractivity contribution < 1.29 is 0 Å². The number of pyridine rings is 1. The van der Waals surface area contributed by atoms with Crippen LogP contribution in [0.25, 0.3) is 38.4 Å². The average Bonchev–Trinajstić information content (AvgIpc) is 3.20. The van der Waals surface area contributed by atoms with Gasteiger partial charge in [0.15, 0.2) is 0 Å². The van der Waals surface area contributed by atoms with E-state index < -0.39 is 0 Å². The number of benzene rings is 4. The summed E-state index contributed by atoms with van der Waals surface area (Å²) in [4.78, 5) is 0. The summed E-state index contributed by atoms with van der Waals surface area (Å²) in [6.07, 6.45) is 0.877. The van der Waals surface area contributed by atoms with Crippen LogP contribution in [0.4, 0.5) is 0 Å². The first kappa shape index (κ1) is 17.0. The summed E-state index contributed by atoms with van der Waals surface area (Å²) in [6, 6.07) is 38.5. The van der Waals surface area contributed by atoms with Crippen LogP contribution in [0.3, 0.4) is 0 Å². The molecule has 2 heterocycles. The number of hydrogen-bond donors (Lipinski definition) is 0. The lowest BCUT2D eigenvalue weighted by Crippen LogP contribution is -2.01. The Labute approximate surface area is 175 Å². The Balaban J connectivity index is 1.83. The fraction of sp³-hybridized carbons (Fsp3) is 0.0357. The topological polar surface area (TPSA) is 17.3 Å². The van der Waals surface area contributed by atoms with Crippen molar-refractivity contribution in [3.8, 4) is 11.1 Å². The van der Waals surface area contributed by atoms with E-state index >= 15 is 0 Å². The first-order valence-corrected chi connectivity index (χ1v) is 10.3. The summed E-state index contributed by atoms with van der Waals surface area (Å²) >= 11 is 0. The maximum Gasteiger partial charge on any atom is 0.0934 e. The minimum absolute atomic E-state index is 0.877. The Morgan fingerprint density at radius 2 is 1.23 bits per heavy atom. The number of para-hydroxylation sites is 1. The van der Waals surface area contributed by atoms with Crippen molar-refractivity contribution in [3.05, 3.63) is 120 Å². The highest BCUT2D eigenvalue weighted by atomic mass is 15.2. The second kappa shape index (κ2) is 6.85. The first-order chi connectivity index (χ1) is 14.9. The van der Waals surface area contributed by atoms with E-state index in [1.165, 1.54) is 38.5 Å². The molecule has 0 fully saturated rings. The molecule has 2 aromatic heterocycles. The van der Waals surface area contributed by atoms with Gasteiger partial charge >= 0.3 is 0 Å². The van der Waals surface area contributed by atoms with Crippen LogP contribution in [0.15, 0.2) is 109 Å². The predicted molar refractivity (Wildman–Crippen MR) is 125 cm³/mol. The Kier molecular flexibility index (Phi) is 3.88. The van der Waals surface area contributed by atoms with Gasteiger partial charge in [-0.25, -0.2) is 4.52 Å². The zero-order valence-electron chi connectivity index (χ0n) is 16.5. The molecule has 2 nitrogen and oxygen atoms in total. The van der Waals surface area contributed by atoms with Crippen molar-refractivity contribution in [2.75, 3.05) is 0 Å². The molecule has 0 aliphatic heterocycles. The number of nitrogens with zero attached hydrogens (tertiary/aromatic N) is 2. The summed E-state index contributed by atoms with van der Waals surface area (Å²) in [6.45, 7) is 0. The third-order valence-corrected chi connectivity index (χ3v) is 5.86. The van der Waals surface area contributed by atoms with Gasteiger partial charge < -0.3 is 0 Å². The van der Waals surface area contributed by atoms with Gasteiger partial charge in [0.2, 0.25) is 0 Å². The van der Waals surface area contributed by atoms with Crippen molar-refractivity contribution >= 4 is 27.3 Å². The highest BCUT2D eigenvalue weighted by Gasteiger charge is 2.19. The van der Waals surface area contributed by atoms with Gasteiger partial charge in [0.05, 0.1) is 16.6 Å². The standard InChI is InChI=1S/C28H20N2/c1-3-11-20(12-4-1)19-24-22-15-8-10-18-26(22)30-28(23-16-7-9-17-25(23)29-30)27(24)21-13-5-2-6-14-21/h1-18H,19H2. The molecule has 0 N–H and O–H groups in total. The second-order valence-corrected chi connectivity index (χ2v) is 7.68. The van der Waals surface area contributed by atoms with Gasteiger partial charge in [-0.05, 0) is 35.2 Å². The second-order valence-electron chi connectivity index (χ2n) is 7.68. The molecule has 0 aliphatic rings. The van der Waals surface area contributed by atoms with Crippen LogP contribution >= 0.6 is 0 Å². The van der Waals surface area contributed by atoms with Crippen LogP contribution in [-0.2, 0) is 6.42 Å². The van der Waals surface area contributed by atoms with E-state index in [1.54, 1.807) is 0 Å². The smallest absolute Gasteiger partial charge is 0.0934 e. The fourth-order valence-electron chi connectivity index (χ4n) is 4.54. The fourth-order valence-corrected chi connectivity index (χ4v) is 4.54. The molecule has 6 aromatic rings. The summed E-state index contributed by atoms with van der Waals surface area (Å²) in [5.41, 5.74) is 8.51. The summed E-state index contributed by atoms with van der Waals surface area (Å²) in [5, 5.41) is 7.44. The molecule has 0 amide bonds. The molecule has 0 radical (unpaired) electrons. The molecule has 142 valence electrons. The molecule has 6 rings (SSSR count). The first-order valence-electron chi connectivity index (χ1n) is 10.3. The van der Waals surface area contributed by atoms with Crippen molar-refractivity contribution in [1.29, 1.82) is 0 Å². The van der Waals surface area contributed by atoms with E-state index in [0.29, 0.717) is 0 Å². The van der Waals surface area contributed by atoms with Gasteiger partial charge in [0.1, 0.15) is 0 Å². The van der Waals surface area contributed by atoms with Crippen molar-refractivity contribution in [2.45, 2.75) is 6.42 Å². The van der Waals surface area contributed by atoms with Crippen LogP contribution in [0, 0.1) is 0 Å². The third-order valence-electron chi connectivity index (χ3n) is 5.86. The third kappa shape index (κ3) is 2.61. The SMILES string of the molecule is c1ccc(Cc2c(-c3ccccc3)c3c4ccccc4nn3c3ccccc23)cc1. The van der Waals surface area contributed by atoms with Crippen LogP contribution < -0.4 is 0 Å². The molecule has 0 saturated carbocycles. The molecule has 0 aliphatic carbocycles. The summed E-state index contributed by atoms with van der Waals surface area (Å²) in [5.74, 6) is 0. The van der Waals surface area contributed by atoms with Gasteiger partial charge in [-0.15, -0.1) is 0 Å². The predicted octanol–water partition coefficient (Wildman–Crippen LogP) is 6.90. The van der Waals surface area contributed by atoms with Gasteiger partial charge in [0, 0.05) is 16.3 Å². The monoisotopic (exact) mass is 384 g/mol. The minimum atomic E-state index is 0.877. The largest absolute Gasteiger partial charge is 0.231 e. The van der Waals surface area contributed by atoms with E-state index in [0.717, 1.165) is 17.5 Å². The van der Waals surface area contributed by atoms with Crippen LogP contribution in [0.5, 0.6) is 0 Å². The Bertz CT molecular complexity index is 1500. The summed E-state index contributed by atoms with van der Waals surface area (Å²) in [7, 11) is 0. The average molecular weight is 384 g/mol. The molecule has 2 heteroatoms. The molecule has 0 unspecified atom stereocenters. The number of rotatable bonds is 3. The van der Waals surface area contributed by atoms with E-state index in [9.17, 15) is 0 Å². The molecule has 0 saturated heterocycles. The Morgan fingerprint density at radius 3 is 2.03 bits per heavy atom. The number of hydrogen-bond acceptors (Lipinski definition) is 1. The van der Waals surface area contributed by atoms with E-state index in [1.807, 2.05) is 0 Å². The molecule has 0 spiro atoms. The van der Waals surface area contributed by atoms with E-state index in [4.69, 9.17) is 5.10 Å². The van der Waals surface area contributed by atoms with Gasteiger partial charge in [0.25, 0.3) is 0 Å². The van der Waals surface area contributed by atoms with Crippen LogP contribution in [-0.4, -0.2) is 9.61 Å². The van der Waals surface area contributed by atoms with Crippen LogP contribution in [0.1, 0.15) is 11.1 Å². The highest BCUT2D eigenvalue weighted by molar-refractivity contribution is 6.08. The molecule has 0 bridgehead atoms. The number of aromatic nitrogens is 2. The minimum Gasteiger partial charge on any atom is -0.231 e. The zero-order valence-corrected chi connectivity index (χ0v) is 16.5. The van der Waals surface area contributed by atoms with Gasteiger partial charge in [-0.3, -0.25) is 0 Å². The van der Waals surface area contributed by atoms with Gasteiger partial charge in [-0.2, -0.15) is 5.10 Å². The molecule has 4 aromatic carbocycles. The van der Waals surface area contributed by atoms with Crippen LogP contribution in [0.2, 0.25) is 0 Å². The zero-order chi connectivity index (χ0) is 19.9. The molecule has 0 atom stereocenters. The van der Waals surface area contributed by atoms with Crippen molar-refractivity contribution in [1.82, 2.24) is 9.61 Å². The Morgan fingerprint density at radius 1 is 0.600 bits per heavy atom. The lowest BCUT2D eigenvalue weighted by molar-refractivity contribution is 1.02. The molecular weight excluding hydrogens is 364 g/mol. The van der Waals surface area contributed by atoms with Crippen molar-refractivity contribution in [3.63, 3.8) is 0 Å². The van der Waals surface area contributed by atoms with Gasteiger partial charge in [-0.1, -0.05) is 97.1 Å². The Hall–Kier alpha value is -3.91. The van der Waals surface area contributed by atoms with Crippen molar-refractivity contribution in [2.24, 2.45) is 0 Å².